The van der Waals surface area contributed by atoms with Crippen LogP contribution in [0.5, 0.6) is 0 Å². The molecule has 0 spiro atoms. The second-order valence-electron chi connectivity index (χ2n) is 6.20. The summed E-state index contributed by atoms with van der Waals surface area (Å²) >= 11 is 5.66. The van der Waals surface area contributed by atoms with Crippen LogP contribution >= 0.6 is 24.0 Å². The van der Waals surface area contributed by atoms with Gasteiger partial charge in [0.25, 0.3) is 5.69 Å². The zero-order chi connectivity index (χ0) is 20.4. The Bertz CT molecular complexity index is 940. The third kappa shape index (κ3) is 5.39. The predicted molar refractivity (Wildman–Crippen MR) is 108 cm³/mol. The van der Waals surface area contributed by atoms with E-state index in [-0.39, 0.29) is 34.6 Å². The number of hydrogen-bond donors (Lipinski definition) is 1. The molecule has 0 aromatic heterocycles. The first kappa shape index (κ1) is 24.3. The van der Waals surface area contributed by atoms with Gasteiger partial charge < -0.3 is 5.73 Å². The molecule has 7 nitrogen and oxygen atoms in total. The van der Waals surface area contributed by atoms with Crippen LogP contribution in [0.4, 0.5) is 10.1 Å². The number of hydrogen-bond acceptors (Lipinski definition) is 5. The van der Waals surface area contributed by atoms with Gasteiger partial charge in [0.05, 0.1) is 14.8 Å². The third-order valence-corrected chi connectivity index (χ3v) is 6.34. The lowest BCUT2D eigenvalue weighted by Crippen LogP contribution is -2.41. The lowest BCUT2D eigenvalue weighted by Gasteiger charge is -2.28. The third-order valence-electron chi connectivity index (χ3n) is 3.98. The molecule has 2 aromatic rings. The summed E-state index contributed by atoms with van der Waals surface area (Å²) < 4.78 is 40.7. The van der Waals surface area contributed by atoms with Crippen LogP contribution in [-0.4, -0.2) is 30.2 Å². The van der Waals surface area contributed by atoms with Gasteiger partial charge in [-0.25, -0.2) is 12.8 Å². The van der Waals surface area contributed by atoms with Gasteiger partial charge in [0.2, 0.25) is 10.0 Å². The number of benzene rings is 2. The van der Waals surface area contributed by atoms with Crippen molar-refractivity contribution in [2.45, 2.75) is 30.8 Å². The lowest BCUT2D eigenvalue weighted by molar-refractivity contribution is -0.384. The van der Waals surface area contributed by atoms with Gasteiger partial charge in [0, 0.05) is 30.8 Å². The molecule has 0 saturated heterocycles. The van der Waals surface area contributed by atoms with E-state index in [0.717, 1.165) is 12.1 Å². The largest absolute Gasteiger partial charge is 0.323 e. The highest BCUT2D eigenvalue weighted by molar-refractivity contribution is 7.89. The first-order chi connectivity index (χ1) is 12.5. The second-order valence-corrected chi connectivity index (χ2v) is 8.50. The summed E-state index contributed by atoms with van der Waals surface area (Å²) in [5.41, 5.74) is 6.28. The Morgan fingerprint density at radius 2 is 1.79 bits per heavy atom. The summed E-state index contributed by atoms with van der Waals surface area (Å²) in [5.74, 6) is -0.640. The van der Waals surface area contributed by atoms with Crippen molar-refractivity contribution in [1.82, 2.24) is 4.31 Å². The fourth-order valence-corrected chi connectivity index (χ4v) is 4.28. The van der Waals surface area contributed by atoms with Gasteiger partial charge in [-0.1, -0.05) is 17.7 Å². The average molecular weight is 452 g/mol. The molecule has 0 radical (unpaired) electrons. The Kier molecular flexibility index (Phi) is 8.33. The molecule has 0 bridgehead atoms. The van der Waals surface area contributed by atoms with Gasteiger partial charge in [0.1, 0.15) is 5.82 Å². The highest BCUT2D eigenvalue weighted by Crippen LogP contribution is 2.25. The molecule has 0 saturated carbocycles. The normalized spacial score (nSPS) is 12.7. The number of nitrogens with two attached hydrogens (primary N) is 1. The minimum Gasteiger partial charge on any atom is -0.323 e. The molecule has 0 aliphatic rings. The predicted octanol–water partition coefficient (Wildman–Crippen LogP) is 3.91. The second kappa shape index (κ2) is 9.62. The number of rotatable bonds is 7. The van der Waals surface area contributed by atoms with Crippen molar-refractivity contribution in [2.75, 3.05) is 6.54 Å². The van der Waals surface area contributed by atoms with Gasteiger partial charge in [-0.3, -0.25) is 10.1 Å². The molecule has 0 aliphatic carbocycles. The van der Waals surface area contributed by atoms with Crippen molar-refractivity contribution in [1.29, 1.82) is 0 Å². The van der Waals surface area contributed by atoms with E-state index in [9.17, 15) is 22.9 Å². The van der Waals surface area contributed by atoms with Crippen LogP contribution in [0, 0.1) is 15.9 Å². The highest BCUT2D eigenvalue weighted by Gasteiger charge is 2.29. The number of non-ortho nitro benzene ring substituents is 1. The maximum absolute atomic E-state index is 13.7. The maximum atomic E-state index is 13.7. The van der Waals surface area contributed by atoms with Gasteiger partial charge in [0.15, 0.2) is 0 Å². The molecule has 0 unspecified atom stereocenters. The molecular weight excluding hydrogens is 432 g/mol. The number of nitrogens with zero attached hydrogens (tertiary/aromatic N) is 2. The Hall–Kier alpha value is -1.78. The van der Waals surface area contributed by atoms with Crippen molar-refractivity contribution in [3.63, 3.8) is 0 Å². The summed E-state index contributed by atoms with van der Waals surface area (Å²) in [5, 5.41) is 10.7. The maximum Gasteiger partial charge on any atom is 0.269 e. The zero-order valence-electron chi connectivity index (χ0n) is 15.1. The fourth-order valence-electron chi connectivity index (χ4n) is 2.50. The summed E-state index contributed by atoms with van der Waals surface area (Å²) in [7, 11) is -3.95. The quantitative estimate of drug-likeness (QED) is 0.507. The van der Waals surface area contributed by atoms with E-state index in [1.807, 2.05) is 0 Å². The van der Waals surface area contributed by atoms with Crippen molar-refractivity contribution < 1.29 is 17.7 Å². The van der Waals surface area contributed by atoms with Crippen molar-refractivity contribution in [3.8, 4) is 0 Å². The summed E-state index contributed by atoms with van der Waals surface area (Å²) in [6, 6.07) is 7.44. The van der Waals surface area contributed by atoms with Crippen LogP contribution in [0.25, 0.3) is 0 Å². The monoisotopic (exact) mass is 451 g/mol. The van der Waals surface area contributed by atoms with E-state index in [4.69, 9.17) is 17.3 Å². The Balaban J connectivity index is 0.00000392. The van der Waals surface area contributed by atoms with Crippen LogP contribution in [0.1, 0.15) is 25.5 Å². The first-order valence-electron chi connectivity index (χ1n) is 8.01. The van der Waals surface area contributed by atoms with E-state index in [1.165, 1.54) is 34.6 Å². The molecule has 1 atom stereocenters. The molecule has 0 aliphatic heterocycles. The minimum atomic E-state index is -3.95. The van der Waals surface area contributed by atoms with Crippen LogP contribution < -0.4 is 5.73 Å². The smallest absolute Gasteiger partial charge is 0.269 e. The number of nitro groups is 1. The standard InChI is InChI=1S/C17H19ClFN3O4S.ClH/c1-11(2)21(10-17(20)12-3-8-15(18)16(19)9-12)27(25,26)14-6-4-13(5-7-14)22(23)24;/h3-9,11,17H,10,20H2,1-2H3;1H/t17-;/m0./s1. The molecule has 0 heterocycles. The van der Waals surface area contributed by atoms with Gasteiger partial charge in [-0.2, -0.15) is 4.31 Å². The van der Waals surface area contributed by atoms with Crippen LogP contribution in [0.2, 0.25) is 5.02 Å². The SMILES string of the molecule is CC(C)N(C[C@H](N)c1ccc(Cl)c(F)c1)S(=O)(=O)c1ccc([N+](=O)[O-])cc1.Cl. The molecule has 0 fully saturated rings. The van der Waals surface area contributed by atoms with E-state index in [2.05, 4.69) is 0 Å². The van der Waals surface area contributed by atoms with E-state index in [1.54, 1.807) is 13.8 Å². The van der Waals surface area contributed by atoms with Crippen LogP contribution in [0.15, 0.2) is 47.4 Å². The summed E-state index contributed by atoms with van der Waals surface area (Å²) in [6.07, 6.45) is 0. The van der Waals surface area contributed by atoms with Crippen molar-refractivity contribution in [2.24, 2.45) is 5.73 Å². The molecule has 2 aromatic carbocycles. The van der Waals surface area contributed by atoms with Crippen LogP contribution in [0.3, 0.4) is 0 Å². The summed E-state index contributed by atoms with van der Waals surface area (Å²) in [4.78, 5) is 10.1. The van der Waals surface area contributed by atoms with Crippen molar-refractivity contribution in [3.05, 3.63) is 69.0 Å². The molecule has 11 heteroatoms. The lowest BCUT2D eigenvalue weighted by atomic mass is 10.1. The minimum absolute atomic E-state index is 0. The highest BCUT2D eigenvalue weighted by atomic mass is 35.5. The van der Waals surface area contributed by atoms with Crippen molar-refractivity contribution >= 4 is 39.7 Å². The number of sulfonamides is 1. The van der Waals surface area contributed by atoms with Crippen LogP contribution in [-0.2, 0) is 10.0 Å². The number of halogens is 3. The van der Waals surface area contributed by atoms with E-state index >= 15 is 0 Å². The van der Waals surface area contributed by atoms with Gasteiger partial charge >= 0.3 is 0 Å². The zero-order valence-corrected chi connectivity index (χ0v) is 17.5. The van der Waals surface area contributed by atoms with Gasteiger partial charge in [-0.05, 0) is 43.7 Å². The fraction of sp³-hybridized carbons (Fsp3) is 0.294. The molecule has 2 rings (SSSR count). The molecular formula is C17H20Cl2FN3O4S. The Morgan fingerprint density at radius 3 is 2.25 bits per heavy atom. The first-order valence-corrected chi connectivity index (χ1v) is 9.82. The topological polar surface area (TPSA) is 107 Å². The molecule has 0 amide bonds. The summed E-state index contributed by atoms with van der Waals surface area (Å²) in [6.45, 7) is 3.26. The molecule has 154 valence electrons. The number of nitro benzene ring substituents is 1. The average Bonchev–Trinajstić information content (AvgIpc) is 2.61. The molecule has 2 N–H and O–H groups in total. The van der Waals surface area contributed by atoms with E-state index < -0.39 is 32.8 Å². The molecule has 28 heavy (non-hydrogen) atoms. The van der Waals surface area contributed by atoms with Gasteiger partial charge in [-0.15, -0.1) is 12.4 Å². The van der Waals surface area contributed by atoms with E-state index in [0.29, 0.717) is 5.56 Å². The Morgan fingerprint density at radius 1 is 1.21 bits per heavy atom. The Labute approximate surface area is 173 Å².